The Kier molecular flexibility index (Phi) is 3.73. The summed E-state index contributed by atoms with van der Waals surface area (Å²) in [5, 5.41) is 19.0. The Bertz CT molecular complexity index is 975. The predicted molar refractivity (Wildman–Crippen MR) is 88.2 cm³/mol. The van der Waals surface area contributed by atoms with Crippen molar-refractivity contribution in [2.45, 2.75) is 39.1 Å². The fourth-order valence-corrected chi connectivity index (χ4v) is 2.93. The van der Waals surface area contributed by atoms with Crippen LogP contribution < -0.4 is 22.2 Å². The molecule has 0 radical (unpaired) electrons. The van der Waals surface area contributed by atoms with Gasteiger partial charge >= 0.3 is 0 Å². The largest absolute Gasteiger partial charge is 0.392 e. The first kappa shape index (κ1) is 16.3. The van der Waals surface area contributed by atoms with Crippen LogP contribution in [0.3, 0.4) is 0 Å². The van der Waals surface area contributed by atoms with Crippen molar-refractivity contribution >= 4 is 21.5 Å². The molecule has 0 aliphatic carbocycles. The lowest BCUT2D eigenvalue weighted by Crippen LogP contribution is -2.30. The molecule has 126 valence electrons. The number of hydrogen-bond donors (Lipinski definition) is 2. The van der Waals surface area contributed by atoms with Crippen molar-refractivity contribution in [1.29, 1.82) is 0 Å². The van der Waals surface area contributed by atoms with Crippen molar-refractivity contribution in [3.05, 3.63) is 53.5 Å². The van der Waals surface area contributed by atoms with Gasteiger partial charge in [0.25, 0.3) is 22.2 Å². The Morgan fingerprint density at radius 3 is 1.17 bits per heavy atom. The molecule has 0 unspecified atom stereocenters. The third-order valence-electron chi connectivity index (χ3n) is 3.95. The number of aromatic nitrogens is 2. The van der Waals surface area contributed by atoms with Gasteiger partial charge in [0, 0.05) is 0 Å². The molecule has 0 bridgehead atoms. The first-order valence-corrected chi connectivity index (χ1v) is 7.49. The summed E-state index contributed by atoms with van der Waals surface area (Å²) in [6, 6.07) is 2.49. The molecule has 0 saturated carbocycles. The second-order valence-corrected chi connectivity index (χ2v) is 6.08. The molecule has 0 saturated heterocycles. The molecule has 0 spiro atoms. The molecule has 24 heavy (non-hydrogen) atoms. The molecule has 8 nitrogen and oxygen atoms in total. The van der Waals surface area contributed by atoms with E-state index in [9.17, 15) is 29.4 Å². The molecular formula is C16H16N2O6. The van der Waals surface area contributed by atoms with Gasteiger partial charge in [0.2, 0.25) is 0 Å². The Morgan fingerprint density at radius 2 is 0.958 bits per heavy atom. The average molecular weight is 332 g/mol. The van der Waals surface area contributed by atoms with Crippen molar-refractivity contribution in [2.24, 2.45) is 0 Å². The summed E-state index contributed by atoms with van der Waals surface area (Å²) in [5.41, 5.74) is -2.42. The summed E-state index contributed by atoms with van der Waals surface area (Å²) >= 11 is 0. The highest BCUT2D eigenvalue weighted by Gasteiger charge is 2.20. The van der Waals surface area contributed by atoms with Crippen LogP contribution in [0.15, 0.2) is 31.3 Å². The Morgan fingerprint density at radius 1 is 0.708 bits per heavy atom. The zero-order chi connectivity index (χ0) is 17.8. The van der Waals surface area contributed by atoms with Crippen LogP contribution in [-0.2, 0) is 13.1 Å². The van der Waals surface area contributed by atoms with E-state index in [4.69, 9.17) is 0 Å². The standard InChI is InChI=1S/C16H16N2O6/c1-7(19)5-17-13(21)9-3-11-12(4-10(9)14(17)22)16(24)18(15(11)23)6-8(2)20/h3-4,7-8,19-20H,5-6H2,1-2H3/t7-,8-/m1/s1. The van der Waals surface area contributed by atoms with E-state index in [1.165, 1.54) is 26.0 Å². The van der Waals surface area contributed by atoms with E-state index in [2.05, 4.69) is 0 Å². The zero-order valence-electron chi connectivity index (χ0n) is 13.1. The van der Waals surface area contributed by atoms with Crippen LogP contribution in [0.5, 0.6) is 0 Å². The fraction of sp³-hybridized carbons (Fsp3) is 0.375. The minimum Gasteiger partial charge on any atom is -0.392 e. The number of nitrogens with zero attached hydrogens (tertiary/aromatic N) is 2. The third kappa shape index (κ3) is 2.31. The lowest BCUT2D eigenvalue weighted by molar-refractivity contribution is 0.171. The molecule has 2 atom stereocenters. The molecule has 3 rings (SSSR count). The lowest BCUT2D eigenvalue weighted by atomic mass is 10.1. The zero-order valence-corrected chi connectivity index (χ0v) is 13.1. The van der Waals surface area contributed by atoms with Crippen LogP contribution in [0.2, 0.25) is 0 Å². The first-order valence-electron chi connectivity index (χ1n) is 7.49. The molecule has 0 fully saturated rings. The van der Waals surface area contributed by atoms with Crippen molar-refractivity contribution in [2.75, 3.05) is 0 Å². The minimum atomic E-state index is -0.885. The van der Waals surface area contributed by atoms with Crippen molar-refractivity contribution in [3.8, 4) is 0 Å². The van der Waals surface area contributed by atoms with Gasteiger partial charge in [-0.05, 0) is 26.0 Å². The van der Waals surface area contributed by atoms with Gasteiger partial charge in [0.15, 0.2) is 0 Å². The SMILES string of the molecule is C[C@@H](O)Cn1c(=O)c2cc3c(=O)n(C[C@@H](C)O)c(=O)c3cc2c1=O. The van der Waals surface area contributed by atoms with E-state index in [1.807, 2.05) is 0 Å². The molecule has 3 aromatic rings. The van der Waals surface area contributed by atoms with E-state index < -0.39 is 34.4 Å². The minimum absolute atomic E-state index is 0.0412. The molecule has 0 aliphatic heterocycles. The van der Waals surface area contributed by atoms with Crippen LogP contribution in [0.1, 0.15) is 13.8 Å². The van der Waals surface area contributed by atoms with Gasteiger partial charge in [-0.1, -0.05) is 0 Å². The number of rotatable bonds is 4. The number of aliphatic hydroxyl groups excluding tert-OH is 2. The summed E-state index contributed by atoms with van der Waals surface area (Å²) in [5.74, 6) is 0. The summed E-state index contributed by atoms with van der Waals surface area (Å²) in [6.45, 7) is 2.58. The molecule has 2 heterocycles. The van der Waals surface area contributed by atoms with Gasteiger partial charge in [0.1, 0.15) is 0 Å². The monoisotopic (exact) mass is 332 g/mol. The highest BCUT2D eigenvalue weighted by molar-refractivity contribution is 5.97. The molecule has 1 aromatic carbocycles. The van der Waals surface area contributed by atoms with E-state index in [-0.39, 0.29) is 34.6 Å². The second-order valence-electron chi connectivity index (χ2n) is 6.08. The van der Waals surface area contributed by atoms with Gasteiger partial charge in [0.05, 0.1) is 46.8 Å². The maximum absolute atomic E-state index is 12.3. The van der Waals surface area contributed by atoms with E-state index in [0.717, 1.165) is 9.13 Å². The first-order chi connectivity index (χ1) is 11.2. The van der Waals surface area contributed by atoms with E-state index >= 15 is 0 Å². The third-order valence-corrected chi connectivity index (χ3v) is 3.95. The Balaban J connectivity index is 2.38. The topological polar surface area (TPSA) is 119 Å². The number of hydrogen-bond acceptors (Lipinski definition) is 6. The maximum atomic E-state index is 12.3. The van der Waals surface area contributed by atoms with Crippen LogP contribution in [0, 0.1) is 0 Å². The molecular weight excluding hydrogens is 316 g/mol. The summed E-state index contributed by atoms with van der Waals surface area (Å²) < 4.78 is 1.79. The molecule has 2 N–H and O–H groups in total. The van der Waals surface area contributed by atoms with Crippen LogP contribution in [0.25, 0.3) is 21.5 Å². The summed E-state index contributed by atoms with van der Waals surface area (Å²) in [4.78, 5) is 49.3. The Hall–Kier alpha value is -2.58. The number of aliphatic hydroxyl groups is 2. The van der Waals surface area contributed by atoms with Gasteiger partial charge in [-0.15, -0.1) is 0 Å². The van der Waals surface area contributed by atoms with Gasteiger partial charge in [-0.3, -0.25) is 28.3 Å². The van der Waals surface area contributed by atoms with Gasteiger partial charge < -0.3 is 10.2 Å². The van der Waals surface area contributed by atoms with Crippen molar-refractivity contribution in [1.82, 2.24) is 9.13 Å². The second kappa shape index (κ2) is 5.50. The van der Waals surface area contributed by atoms with Crippen LogP contribution >= 0.6 is 0 Å². The quantitative estimate of drug-likeness (QED) is 0.611. The average Bonchev–Trinajstić information content (AvgIpc) is 2.86. The summed E-state index contributed by atoms with van der Waals surface area (Å²) in [6.07, 6.45) is -1.77. The van der Waals surface area contributed by atoms with E-state index in [0.29, 0.717) is 0 Å². The molecule has 0 aliphatic rings. The van der Waals surface area contributed by atoms with Crippen LogP contribution in [-0.4, -0.2) is 31.6 Å². The number of fused-ring (bicyclic) bond motifs is 2. The summed E-state index contributed by atoms with van der Waals surface area (Å²) in [7, 11) is 0. The lowest BCUT2D eigenvalue weighted by Gasteiger charge is -2.02. The van der Waals surface area contributed by atoms with Crippen LogP contribution in [0.4, 0.5) is 0 Å². The molecule has 8 heteroatoms. The highest BCUT2D eigenvalue weighted by Crippen LogP contribution is 2.14. The normalized spacial score (nSPS) is 14.5. The predicted octanol–water partition coefficient (Wildman–Crippen LogP) is -1.33. The Labute approximate surface area is 134 Å². The van der Waals surface area contributed by atoms with Crippen molar-refractivity contribution in [3.63, 3.8) is 0 Å². The van der Waals surface area contributed by atoms with Gasteiger partial charge in [-0.2, -0.15) is 0 Å². The molecule has 2 aromatic heterocycles. The van der Waals surface area contributed by atoms with Crippen molar-refractivity contribution < 1.29 is 10.2 Å². The van der Waals surface area contributed by atoms with Gasteiger partial charge in [-0.25, -0.2) is 0 Å². The number of benzene rings is 1. The smallest absolute Gasteiger partial charge is 0.261 e. The fourth-order valence-electron chi connectivity index (χ4n) is 2.93. The maximum Gasteiger partial charge on any atom is 0.261 e. The van der Waals surface area contributed by atoms with E-state index in [1.54, 1.807) is 0 Å². The molecule has 0 amide bonds. The highest BCUT2D eigenvalue weighted by atomic mass is 16.3.